The zero-order valence-electron chi connectivity index (χ0n) is 9.84. The predicted octanol–water partition coefficient (Wildman–Crippen LogP) is 1.55. The van der Waals surface area contributed by atoms with Crippen LogP contribution in [0.1, 0.15) is 13.8 Å². The zero-order chi connectivity index (χ0) is 12.3. The van der Waals surface area contributed by atoms with Crippen LogP contribution in [0.4, 0.5) is 0 Å². The minimum atomic E-state index is -0.158. The maximum Gasteiger partial charge on any atom is 0.260 e. The highest BCUT2D eigenvalue weighted by Gasteiger charge is 2.05. The number of para-hydroxylation sites is 2. The Kier molecular flexibility index (Phi) is 3.18. The summed E-state index contributed by atoms with van der Waals surface area (Å²) >= 11 is 0. The fraction of sp³-hybridized carbons (Fsp3) is 0.250. The summed E-state index contributed by atoms with van der Waals surface area (Å²) in [7, 11) is 0. The number of fused-ring (bicyclic) bond motifs is 1. The number of aromatic nitrogens is 2. The number of rotatable bonds is 3. The normalized spacial score (nSPS) is 10.2. The molecular formula is C12H14N4O. The third kappa shape index (κ3) is 2.69. The van der Waals surface area contributed by atoms with E-state index in [1.807, 2.05) is 38.1 Å². The van der Waals surface area contributed by atoms with Crippen molar-refractivity contribution >= 4 is 22.7 Å². The highest BCUT2D eigenvalue weighted by Crippen LogP contribution is 2.11. The second kappa shape index (κ2) is 4.78. The lowest BCUT2D eigenvalue weighted by Crippen LogP contribution is -2.23. The van der Waals surface area contributed by atoms with Crippen molar-refractivity contribution in [1.29, 1.82) is 0 Å². The number of benzene rings is 1. The number of carbonyl (C=O) groups is 1. The lowest BCUT2D eigenvalue weighted by molar-refractivity contribution is -0.121. The largest absolute Gasteiger partial charge is 0.321 e. The second-order valence-electron chi connectivity index (χ2n) is 3.96. The molecule has 1 N–H and O–H groups in total. The first kappa shape index (κ1) is 11.3. The molecule has 1 aromatic heterocycles. The van der Waals surface area contributed by atoms with Crippen LogP contribution < -0.4 is 5.43 Å². The summed E-state index contributed by atoms with van der Waals surface area (Å²) in [5, 5.41) is 3.87. The first-order valence-corrected chi connectivity index (χ1v) is 5.36. The summed E-state index contributed by atoms with van der Waals surface area (Å²) < 4.78 is 1.80. The van der Waals surface area contributed by atoms with Crippen LogP contribution in [0.3, 0.4) is 0 Å². The smallest absolute Gasteiger partial charge is 0.260 e. The van der Waals surface area contributed by atoms with Crippen LogP contribution >= 0.6 is 0 Å². The molecule has 1 heterocycles. The van der Waals surface area contributed by atoms with Gasteiger partial charge in [0.05, 0.1) is 17.4 Å². The van der Waals surface area contributed by atoms with Gasteiger partial charge in [0.2, 0.25) is 0 Å². The van der Waals surface area contributed by atoms with Crippen LogP contribution in [0, 0.1) is 0 Å². The molecule has 1 amide bonds. The topological polar surface area (TPSA) is 59.3 Å². The highest BCUT2D eigenvalue weighted by atomic mass is 16.2. The van der Waals surface area contributed by atoms with E-state index in [1.165, 1.54) is 0 Å². The Balaban J connectivity index is 2.13. The van der Waals surface area contributed by atoms with Crippen LogP contribution in [-0.2, 0) is 11.3 Å². The lowest BCUT2D eigenvalue weighted by Gasteiger charge is -2.03. The molecule has 2 rings (SSSR count). The van der Waals surface area contributed by atoms with Crippen LogP contribution in [0.25, 0.3) is 11.0 Å². The number of hydrogen-bond donors (Lipinski definition) is 1. The highest BCUT2D eigenvalue weighted by molar-refractivity contribution is 5.83. The van der Waals surface area contributed by atoms with Crippen molar-refractivity contribution in [3.05, 3.63) is 30.6 Å². The zero-order valence-corrected chi connectivity index (χ0v) is 9.84. The van der Waals surface area contributed by atoms with Crippen molar-refractivity contribution in [1.82, 2.24) is 15.0 Å². The molecular weight excluding hydrogens is 216 g/mol. The van der Waals surface area contributed by atoms with Gasteiger partial charge in [0.25, 0.3) is 5.91 Å². The van der Waals surface area contributed by atoms with Gasteiger partial charge in [0, 0.05) is 5.71 Å². The van der Waals surface area contributed by atoms with E-state index in [9.17, 15) is 4.79 Å². The molecule has 1 aromatic carbocycles. The quantitative estimate of drug-likeness (QED) is 0.642. The van der Waals surface area contributed by atoms with Gasteiger partial charge in [-0.05, 0) is 26.0 Å². The fourth-order valence-corrected chi connectivity index (χ4v) is 1.50. The summed E-state index contributed by atoms with van der Waals surface area (Å²) in [5.41, 5.74) is 5.13. The van der Waals surface area contributed by atoms with Crippen molar-refractivity contribution < 1.29 is 4.79 Å². The molecule has 0 spiro atoms. The first-order chi connectivity index (χ1) is 8.16. The van der Waals surface area contributed by atoms with E-state index in [-0.39, 0.29) is 12.5 Å². The number of amides is 1. The van der Waals surface area contributed by atoms with Gasteiger partial charge >= 0.3 is 0 Å². The number of hydrazone groups is 1. The molecule has 17 heavy (non-hydrogen) atoms. The van der Waals surface area contributed by atoms with Gasteiger partial charge < -0.3 is 4.57 Å². The van der Waals surface area contributed by atoms with E-state index in [0.29, 0.717) is 0 Å². The molecule has 0 saturated heterocycles. The van der Waals surface area contributed by atoms with Gasteiger partial charge in [0.1, 0.15) is 6.54 Å². The van der Waals surface area contributed by atoms with Gasteiger partial charge in [-0.3, -0.25) is 4.79 Å². The van der Waals surface area contributed by atoms with Gasteiger partial charge in [0.15, 0.2) is 0 Å². The summed E-state index contributed by atoms with van der Waals surface area (Å²) in [6, 6.07) is 7.69. The standard InChI is InChI=1S/C12H14N4O/c1-9(2)14-15-12(17)7-16-8-13-10-5-3-4-6-11(10)16/h3-6,8H,7H2,1-2H3,(H,15,17). The Morgan fingerprint density at radius 3 is 2.94 bits per heavy atom. The molecule has 0 unspecified atom stereocenters. The molecule has 88 valence electrons. The molecule has 0 bridgehead atoms. The number of carbonyl (C=O) groups excluding carboxylic acids is 1. The van der Waals surface area contributed by atoms with Crippen LogP contribution in [0.15, 0.2) is 35.7 Å². The molecule has 0 atom stereocenters. The Morgan fingerprint density at radius 2 is 2.18 bits per heavy atom. The van der Waals surface area contributed by atoms with Crippen LogP contribution in [0.5, 0.6) is 0 Å². The predicted molar refractivity (Wildman–Crippen MR) is 66.7 cm³/mol. The Morgan fingerprint density at radius 1 is 1.41 bits per heavy atom. The Bertz CT molecular complexity index is 567. The summed E-state index contributed by atoms with van der Waals surface area (Å²) in [6.45, 7) is 3.87. The summed E-state index contributed by atoms with van der Waals surface area (Å²) in [6.07, 6.45) is 1.66. The molecule has 0 saturated carbocycles. The van der Waals surface area contributed by atoms with E-state index in [2.05, 4.69) is 15.5 Å². The maximum atomic E-state index is 11.6. The SMILES string of the molecule is CC(C)=NNC(=O)Cn1cnc2ccccc21. The number of nitrogens with one attached hydrogen (secondary N) is 1. The first-order valence-electron chi connectivity index (χ1n) is 5.36. The second-order valence-corrected chi connectivity index (χ2v) is 3.96. The van der Waals surface area contributed by atoms with Crippen molar-refractivity contribution in [2.75, 3.05) is 0 Å². The van der Waals surface area contributed by atoms with E-state index in [0.717, 1.165) is 16.7 Å². The molecule has 5 heteroatoms. The molecule has 0 fully saturated rings. The fourth-order valence-electron chi connectivity index (χ4n) is 1.50. The minimum absolute atomic E-state index is 0.158. The number of imidazole rings is 1. The number of hydrogen-bond acceptors (Lipinski definition) is 3. The Labute approximate surface area is 99.2 Å². The van der Waals surface area contributed by atoms with Crippen molar-refractivity contribution in [3.63, 3.8) is 0 Å². The minimum Gasteiger partial charge on any atom is -0.321 e. The van der Waals surface area contributed by atoms with E-state index >= 15 is 0 Å². The van der Waals surface area contributed by atoms with Gasteiger partial charge in [-0.2, -0.15) is 5.10 Å². The monoisotopic (exact) mass is 230 g/mol. The van der Waals surface area contributed by atoms with Crippen molar-refractivity contribution in [3.8, 4) is 0 Å². The molecule has 0 aliphatic carbocycles. The lowest BCUT2D eigenvalue weighted by atomic mass is 10.3. The van der Waals surface area contributed by atoms with Crippen molar-refractivity contribution in [2.45, 2.75) is 20.4 Å². The van der Waals surface area contributed by atoms with Gasteiger partial charge in [-0.15, -0.1) is 0 Å². The average molecular weight is 230 g/mol. The third-order valence-corrected chi connectivity index (χ3v) is 2.25. The average Bonchev–Trinajstić information content (AvgIpc) is 2.70. The summed E-state index contributed by atoms with van der Waals surface area (Å²) in [4.78, 5) is 15.8. The molecule has 0 aliphatic rings. The van der Waals surface area contributed by atoms with Crippen molar-refractivity contribution in [2.24, 2.45) is 5.10 Å². The van der Waals surface area contributed by atoms with Gasteiger partial charge in [-0.1, -0.05) is 12.1 Å². The van der Waals surface area contributed by atoms with E-state index in [4.69, 9.17) is 0 Å². The van der Waals surface area contributed by atoms with E-state index < -0.39 is 0 Å². The molecule has 2 aromatic rings. The van der Waals surface area contributed by atoms with Crippen LogP contribution in [-0.4, -0.2) is 21.2 Å². The molecule has 0 aliphatic heterocycles. The van der Waals surface area contributed by atoms with E-state index in [1.54, 1.807) is 10.9 Å². The summed E-state index contributed by atoms with van der Waals surface area (Å²) in [5.74, 6) is -0.158. The number of nitrogens with zero attached hydrogens (tertiary/aromatic N) is 3. The molecule has 5 nitrogen and oxygen atoms in total. The maximum absolute atomic E-state index is 11.6. The molecule has 0 radical (unpaired) electrons. The third-order valence-electron chi connectivity index (χ3n) is 2.25. The Hall–Kier alpha value is -2.17. The van der Waals surface area contributed by atoms with Gasteiger partial charge in [-0.25, -0.2) is 10.4 Å². The van der Waals surface area contributed by atoms with Crippen LogP contribution in [0.2, 0.25) is 0 Å².